The second-order valence-corrected chi connectivity index (χ2v) is 6.83. The maximum atomic E-state index is 3.57. The molecule has 0 aliphatic carbocycles. The van der Waals surface area contributed by atoms with Gasteiger partial charge in [-0.15, -0.1) is 0 Å². The van der Waals surface area contributed by atoms with Gasteiger partial charge in [0, 0.05) is 23.1 Å². The fourth-order valence-corrected chi connectivity index (χ4v) is 3.58. The van der Waals surface area contributed by atoms with Gasteiger partial charge in [0.25, 0.3) is 0 Å². The van der Waals surface area contributed by atoms with Crippen molar-refractivity contribution in [3.63, 3.8) is 0 Å². The summed E-state index contributed by atoms with van der Waals surface area (Å²) >= 11 is 3.57. The molecule has 0 bridgehead atoms. The average Bonchev–Trinajstić information content (AvgIpc) is 2.65. The van der Waals surface area contributed by atoms with E-state index in [0.29, 0.717) is 6.04 Å². The highest BCUT2D eigenvalue weighted by atomic mass is 79.9. The van der Waals surface area contributed by atoms with E-state index in [0.717, 1.165) is 6.04 Å². The molecule has 1 aliphatic heterocycles. The summed E-state index contributed by atoms with van der Waals surface area (Å²) in [7, 11) is 2.07. The standard InChI is InChI=1S/C17H27BrN2/c1-14-7-4-3-5-11-20(14)12-10-17(19-2)15-8-6-9-16(18)13-15/h6,8-9,13-14,17,19H,3-5,7,10-12H2,1-2H3. The van der Waals surface area contributed by atoms with Crippen LogP contribution in [-0.4, -0.2) is 31.1 Å². The van der Waals surface area contributed by atoms with Gasteiger partial charge >= 0.3 is 0 Å². The number of halogens is 1. The van der Waals surface area contributed by atoms with Crippen molar-refractivity contribution in [3.05, 3.63) is 34.3 Å². The van der Waals surface area contributed by atoms with E-state index in [1.165, 1.54) is 55.2 Å². The zero-order valence-corrected chi connectivity index (χ0v) is 14.3. The van der Waals surface area contributed by atoms with Crippen molar-refractivity contribution < 1.29 is 0 Å². The lowest BCUT2D eigenvalue weighted by atomic mass is 10.0. The van der Waals surface area contributed by atoms with Crippen LogP contribution >= 0.6 is 15.9 Å². The Bertz CT molecular complexity index is 408. The predicted molar refractivity (Wildman–Crippen MR) is 90.1 cm³/mol. The molecule has 0 amide bonds. The summed E-state index contributed by atoms with van der Waals surface area (Å²) in [6.07, 6.45) is 6.71. The van der Waals surface area contributed by atoms with Gasteiger partial charge in [-0.3, -0.25) is 0 Å². The molecule has 0 spiro atoms. The zero-order chi connectivity index (χ0) is 14.4. The van der Waals surface area contributed by atoms with E-state index < -0.39 is 0 Å². The molecular formula is C17H27BrN2. The normalized spacial score (nSPS) is 22.4. The minimum absolute atomic E-state index is 0.447. The maximum Gasteiger partial charge on any atom is 0.0330 e. The number of hydrogen-bond acceptors (Lipinski definition) is 2. The van der Waals surface area contributed by atoms with Crippen LogP contribution in [0.3, 0.4) is 0 Å². The lowest BCUT2D eigenvalue weighted by Gasteiger charge is -2.29. The lowest BCUT2D eigenvalue weighted by Crippen LogP contribution is -2.35. The van der Waals surface area contributed by atoms with Crippen molar-refractivity contribution in [2.24, 2.45) is 0 Å². The Morgan fingerprint density at radius 1 is 1.35 bits per heavy atom. The van der Waals surface area contributed by atoms with Gasteiger partial charge in [0.2, 0.25) is 0 Å². The minimum atomic E-state index is 0.447. The van der Waals surface area contributed by atoms with Gasteiger partial charge in [-0.2, -0.15) is 0 Å². The molecule has 1 aromatic rings. The van der Waals surface area contributed by atoms with E-state index in [2.05, 4.69) is 64.4 Å². The first-order valence-corrected chi connectivity index (χ1v) is 8.67. The van der Waals surface area contributed by atoms with Gasteiger partial charge in [0.1, 0.15) is 0 Å². The van der Waals surface area contributed by atoms with E-state index >= 15 is 0 Å². The van der Waals surface area contributed by atoms with Gasteiger partial charge in [-0.1, -0.05) is 40.9 Å². The molecule has 1 aromatic carbocycles. The van der Waals surface area contributed by atoms with Gasteiger partial charge in [0.05, 0.1) is 0 Å². The Balaban J connectivity index is 1.93. The third-order valence-corrected chi connectivity index (χ3v) is 4.99. The van der Waals surface area contributed by atoms with Gasteiger partial charge in [-0.25, -0.2) is 0 Å². The Hall–Kier alpha value is -0.380. The number of likely N-dealkylation sites (tertiary alicyclic amines) is 1. The molecule has 0 aromatic heterocycles. The number of hydrogen-bond donors (Lipinski definition) is 1. The van der Waals surface area contributed by atoms with Crippen LogP contribution in [0, 0.1) is 0 Å². The third-order valence-electron chi connectivity index (χ3n) is 4.50. The van der Waals surface area contributed by atoms with Crippen molar-refractivity contribution >= 4 is 15.9 Å². The molecular weight excluding hydrogens is 312 g/mol. The Morgan fingerprint density at radius 3 is 2.95 bits per heavy atom. The zero-order valence-electron chi connectivity index (χ0n) is 12.7. The average molecular weight is 339 g/mol. The first-order chi connectivity index (χ1) is 9.70. The van der Waals surface area contributed by atoms with Crippen molar-refractivity contribution in [3.8, 4) is 0 Å². The number of nitrogens with one attached hydrogen (secondary N) is 1. The molecule has 2 nitrogen and oxygen atoms in total. The van der Waals surface area contributed by atoms with E-state index in [-0.39, 0.29) is 0 Å². The molecule has 1 fully saturated rings. The summed E-state index contributed by atoms with van der Waals surface area (Å²) in [5.74, 6) is 0. The van der Waals surface area contributed by atoms with Crippen LogP contribution in [0.4, 0.5) is 0 Å². The lowest BCUT2D eigenvalue weighted by molar-refractivity contribution is 0.203. The molecule has 2 unspecified atom stereocenters. The van der Waals surface area contributed by atoms with Crippen molar-refractivity contribution in [1.29, 1.82) is 0 Å². The van der Waals surface area contributed by atoms with Crippen LogP contribution < -0.4 is 5.32 Å². The topological polar surface area (TPSA) is 15.3 Å². The number of nitrogens with zero attached hydrogens (tertiary/aromatic N) is 1. The molecule has 2 atom stereocenters. The Labute approximate surface area is 132 Å². The third kappa shape index (κ3) is 4.57. The molecule has 1 N–H and O–H groups in total. The highest BCUT2D eigenvalue weighted by molar-refractivity contribution is 9.10. The van der Waals surface area contributed by atoms with Crippen molar-refractivity contribution in [1.82, 2.24) is 10.2 Å². The second kappa shape index (κ2) is 8.16. The van der Waals surface area contributed by atoms with Crippen LogP contribution in [0.5, 0.6) is 0 Å². The first kappa shape index (κ1) is 16.0. The summed E-state index contributed by atoms with van der Waals surface area (Å²) in [6, 6.07) is 9.86. The van der Waals surface area contributed by atoms with Gasteiger partial charge in [0.15, 0.2) is 0 Å². The SMILES string of the molecule is CNC(CCN1CCCCCC1C)c1cccc(Br)c1. The Morgan fingerprint density at radius 2 is 2.20 bits per heavy atom. The van der Waals surface area contributed by atoms with Crippen molar-refractivity contribution in [2.75, 3.05) is 20.1 Å². The summed E-state index contributed by atoms with van der Waals surface area (Å²) < 4.78 is 1.17. The highest BCUT2D eigenvalue weighted by Gasteiger charge is 2.18. The summed E-state index contributed by atoms with van der Waals surface area (Å²) in [5.41, 5.74) is 1.38. The summed E-state index contributed by atoms with van der Waals surface area (Å²) in [4.78, 5) is 2.68. The minimum Gasteiger partial charge on any atom is -0.313 e. The molecule has 20 heavy (non-hydrogen) atoms. The van der Waals surface area contributed by atoms with E-state index in [1.807, 2.05) is 0 Å². The van der Waals surface area contributed by atoms with E-state index in [1.54, 1.807) is 0 Å². The number of rotatable bonds is 5. The monoisotopic (exact) mass is 338 g/mol. The fraction of sp³-hybridized carbons (Fsp3) is 0.647. The van der Waals surface area contributed by atoms with Gasteiger partial charge < -0.3 is 10.2 Å². The van der Waals surface area contributed by atoms with E-state index in [4.69, 9.17) is 0 Å². The molecule has 1 heterocycles. The Kier molecular flexibility index (Phi) is 6.53. The van der Waals surface area contributed by atoms with Crippen LogP contribution in [0.1, 0.15) is 50.6 Å². The smallest absolute Gasteiger partial charge is 0.0330 e. The van der Waals surface area contributed by atoms with Crippen LogP contribution in [0.25, 0.3) is 0 Å². The summed E-state index contributed by atoms with van der Waals surface area (Å²) in [6.45, 7) is 4.86. The van der Waals surface area contributed by atoms with Crippen LogP contribution in [0.2, 0.25) is 0 Å². The van der Waals surface area contributed by atoms with Crippen LogP contribution in [0.15, 0.2) is 28.7 Å². The van der Waals surface area contributed by atoms with E-state index in [9.17, 15) is 0 Å². The quantitative estimate of drug-likeness (QED) is 0.857. The summed E-state index contributed by atoms with van der Waals surface area (Å²) in [5, 5.41) is 3.47. The highest BCUT2D eigenvalue weighted by Crippen LogP contribution is 2.23. The van der Waals surface area contributed by atoms with Crippen molar-refractivity contribution in [2.45, 2.75) is 51.1 Å². The molecule has 1 saturated heterocycles. The largest absolute Gasteiger partial charge is 0.313 e. The first-order valence-electron chi connectivity index (χ1n) is 7.87. The predicted octanol–water partition coefficient (Wildman–Crippen LogP) is 4.36. The molecule has 0 saturated carbocycles. The van der Waals surface area contributed by atoms with Gasteiger partial charge in [-0.05, 0) is 57.5 Å². The molecule has 1 aliphatic rings. The van der Waals surface area contributed by atoms with Crippen LogP contribution in [-0.2, 0) is 0 Å². The molecule has 0 radical (unpaired) electrons. The number of benzene rings is 1. The molecule has 2 rings (SSSR count). The maximum absolute atomic E-state index is 3.57. The second-order valence-electron chi connectivity index (χ2n) is 5.92. The molecule has 112 valence electrons. The molecule has 3 heteroatoms. The fourth-order valence-electron chi connectivity index (χ4n) is 3.16.